The molecule has 4 nitrogen and oxygen atoms in total. The average Bonchev–Trinajstić information content (AvgIpc) is 3.25. The van der Waals surface area contributed by atoms with E-state index in [1.54, 1.807) is 0 Å². The van der Waals surface area contributed by atoms with E-state index in [0.29, 0.717) is 6.61 Å². The van der Waals surface area contributed by atoms with E-state index in [0.717, 1.165) is 3.93 Å². The van der Waals surface area contributed by atoms with Gasteiger partial charge in [-0.05, 0) is 0 Å². The van der Waals surface area contributed by atoms with Gasteiger partial charge in [-0.1, -0.05) is 0 Å². The van der Waals surface area contributed by atoms with Gasteiger partial charge in [0, 0.05) is 0 Å². The Labute approximate surface area is 242 Å². The SMILES string of the molecule is C[C@@H](CO[Si](c1ccccc1)(c1ccccc1)C(C)(C)C)[C@H](O)C1([CH2][Hg][Br])COC(C(Cl)(Cl)Cl)=N1. The summed E-state index contributed by atoms with van der Waals surface area (Å²) in [6.07, 6.45) is -0.803. The van der Waals surface area contributed by atoms with Crippen LogP contribution < -0.4 is 10.4 Å². The molecule has 2 aromatic rings. The van der Waals surface area contributed by atoms with Gasteiger partial charge in [0.05, 0.1) is 0 Å². The molecule has 0 aliphatic carbocycles. The van der Waals surface area contributed by atoms with Crippen LogP contribution in [0.25, 0.3) is 0 Å². The van der Waals surface area contributed by atoms with Crippen LogP contribution in [0.1, 0.15) is 27.7 Å². The third-order valence-corrected chi connectivity index (χ3v) is 19.7. The van der Waals surface area contributed by atoms with E-state index in [2.05, 4.69) is 86.2 Å². The molecule has 0 radical (unpaired) electrons. The van der Waals surface area contributed by atoms with Gasteiger partial charge in [0.1, 0.15) is 0 Å². The summed E-state index contributed by atoms with van der Waals surface area (Å²) in [4.78, 5) is 4.64. The van der Waals surface area contributed by atoms with Gasteiger partial charge in [-0.25, -0.2) is 0 Å². The van der Waals surface area contributed by atoms with Crippen molar-refractivity contribution in [3.8, 4) is 0 Å². The Kier molecular flexibility index (Phi) is 10.3. The molecule has 1 unspecified atom stereocenters. The van der Waals surface area contributed by atoms with Crippen molar-refractivity contribution in [1.82, 2.24) is 0 Å². The van der Waals surface area contributed by atoms with E-state index >= 15 is 0 Å². The monoisotopic (exact) mass is 807 g/mol. The summed E-state index contributed by atoms with van der Waals surface area (Å²) in [5.41, 5.74) is -0.821. The molecule has 3 atom stereocenters. The van der Waals surface area contributed by atoms with Gasteiger partial charge >= 0.3 is 245 Å². The Hall–Kier alpha value is 0.332. The Morgan fingerprint density at radius 3 is 2.00 bits per heavy atom. The minimum atomic E-state index is -2.72. The molecule has 0 bridgehead atoms. The third kappa shape index (κ3) is 6.50. The first-order valence-corrected chi connectivity index (χ1v) is 30.5. The van der Waals surface area contributed by atoms with Crippen molar-refractivity contribution in [2.24, 2.45) is 10.9 Å². The molecule has 2 aromatic carbocycles. The first kappa shape index (κ1) is 29.9. The summed E-state index contributed by atoms with van der Waals surface area (Å²) in [7, 11) is -2.72. The first-order valence-electron chi connectivity index (χ1n) is 11.7. The fourth-order valence-corrected chi connectivity index (χ4v) is 19.2. The minimum absolute atomic E-state index is 0.0519. The van der Waals surface area contributed by atoms with Crippen molar-refractivity contribution in [3.05, 3.63) is 60.7 Å². The Bertz CT molecular complexity index is 965. The molecular weight excluding hydrogens is 777 g/mol. The molecule has 0 saturated carbocycles. The summed E-state index contributed by atoms with van der Waals surface area (Å²) in [6, 6.07) is 21.0. The number of rotatable bonds is 9. The number of aliphatic imine (C=N–C) groups is 1. The predicted molar refractivity (Wildman–Crippen MR) is 149 cm³/mol. The number of halogens is 4. The van der Waals surface area contributed by atoms with Crippen LogP contribution in [0.4, 0.5) is 0 Å². The van der Waals surface area contributed by atoms with Gasteiger partial charge in [-0.3, -0.25) is 0 Å². The van der Waals surface area contributed by atoms with E-state index < -0.39 is 45.9 Å². The molecule has 188 valence electrons. The second kappa shape index (κ2) is 12.0. The molecular formula is C25H31BrCl3HgNO3Si. The summed E-state index contributed by atoms with van der Waals surface area (Å²) in [5.74, 6) is -0.165. The van der Waals surface area contributed by atoms with Gasteiger partial charge in [0.15, 0.2) is 0 Å². The van der Waals surface area contributed by atoms with Gasteiger partial charge in [-0.2, -0.15) is 0 Å². The van der Waals surface area contributed by atoms with Crippen molar-refractivity contribution >= 4 is 71.3 Å². The summed E-state index contributed by atoms with van der Waals surface area (Å²) in [5, 5.41) is 13.8. The van der Waals surface area contributed by atoms with Gasteiger partial charge in [0.25, 0.3) is 0 Å². The van der Waals surface area contributed by atoms with Gasteiger partial charge < -0.3 is 0 Å². The van der Waals surface area contributed by atoms with Crippen LogP contribution in [0.3, 0.4) is 0 Å². The number of nitrogens with zero attached hydrogens (tertiary/aromatic N) is 1. The van der Waals surface area contributed by atoms with Crippen molar-refractivity contribution < 1.29 is 36.4 Å². The standard InChI is InChI=1S/C25H31Cl3NO3Si.BrH.Hg/c1-18(21(30)24(5)17-31-22(29-24)25(26,27)28)16-32-33(23(2,3)4,19-12-8-6-9-13-19)20-14-10-7-11-15-20;;/h6-15,18,21,30H,5,16-17H2,1-4H3;1H;/q;;+1/p-1/t18-,21-,24?;;/m0../s1. The van der Waals surface area contributed by atoms with Crippen LogP contribution in [0.2, 0.25) is 8.97 Å². The second-order valence-corrected chi connectivity index (χ2v) is 27.1. The maximum atomic E-state index is 11.6. The van der Waals surface area contributed by atoms with Crippen LogP contribution in [0.15, 0.2) is 65.7 Å². The average molecular weight is 808 g/mol. The Morgan fingerprint density at radius 1 is 1.09 bits per heavy atom. The van der Waals surface area contributed by atoms with Crippen LogP contribution in [-0.4, -0.2) is 48.0 Å². The molecule has 1 aliphatic heterocycles. The molecule has 0 saturated heterocycles. The molecule has 1 aliphatic rings. The second-order valence-electron chi connectivity index (χ2n) is 10.1. The number of hydrogen-bond acceptors (Lipinski definition) is 4. The summed E-state index contributed by atoms with van der Waals surface area (Å²) >= 11 is 20.4. The number of aliphatic hydroxyl groups excluding tert-OH is 1. The fourth-order valence-electron chi connectivity index (χ4n) is 4.84. The van der Waals surface area contributed by atoms with Crippen molar-refractivity contribution in [2.45, 2.75) is 52.1 Å². The Morgan fingerprint density at radius 2 is 1.60 bits per heavy atom. The third-order valence-electron chi connectivity index (χ3n) is 6.62. The number of hydrogen-bond donors (Lipinski definition) is 1. The molecule has 35 heavy (non-hydrogen) atoms. The topological polar surface area (TPSA) is 51.0 Å². The van der Waals surface area contributed by atoms with E-state index in [-0.39, 0.29) is 23.5 Å². The van der Waals surface area contributed by atoms with Crippen molar-refractivity contribution in [1.29, 1.82) is 0 Å². The quantitative estimate of drug-likeness (QED) is 0.254. The fraction of sp³-hybridized carbons (Fsp3) is 0.480. The van der Waals surface area contributed by atoms with Crippen molar-refractivity contribution in [2.75, 3.05) is 13.2 Å². The van der Waals surface area contributed by atoms with Gasteiger partial charge in [-0.15, -0.1) is 0 Å². The normalized spacial score (nSPS) is 20.5. The zero-order valence-corrected chi connectivity index (χ0v) is 30.8. The molecule has 0 spiro atoms. The van der Waals surface area contributed by atoms with E-state index in [1.807, 2.05) is 19.1 Å². The van der Waals surface area contributed by atoms with Crippen LogP contribution in [0, 0.1) is 5.92 Å². The van der Waals surface area contributed by atoms with E-state index in [9.17, 15) is 5.11 Å². The van der Waals surface area contributed by atoms with E-state index in [4.69, 9.17) is 44.0 Å². The number of ether oxygens (including phenoxy) is 1. The maximum absolute atomic E-state index is 11.6. The molecule has 0 amide bonds. The van der Waals surface area contributed by atoms with Crippen molar-refractivity contribution in [3.63, 3.8) is 0 Å². The molecule has 0 fully saturated rings. The van der Waals surface area contributed by atoms with Crippen LogP contribution in [0.5, 0.6) is 0 Å². The Balaban J connectivity index is 1.96. The predicted octanol–water partition coefficient (Wildman–Crippen LogP) is 5.91. The molecule has 10 heteroatoms. The molecule has 1 heterocycles. The molecule has 0 aromatic heterocycles. The molecule has 1 N–H and O–H groups in total. The first-order chi connectivity index (χ1) is 16.4. The molecule has 3 rings (SSSR count). The summed E-state index contributed by atoms with van der Waals surface area (Å²) < 4.78 is 11.7. The number of benzene rings is 2. The zero-order valence-electron chi connectivity index (χ0n) is 20.5. The zero-order chi connectivity index (χ0) is 25.9. The van der Waals surface area contributed by atoms with Gasteiger partial charge in [0.2, 0.25) is 0 Å². The number of aliphatic hydroxyl groups is 1. The number of alkyl halides is 3. The van der Waals surface area contributed by atoms with Crippen LogP contribution in [-0.2, 0) is 31.3 Å². The van der Waals surface area contributed by atoms with E-state index in [1.165, 1.54) is 10.4 Å². The summed E-state index contributed by atoms with van der Waals surface area (Å²) in [6.45, 7) is 9.29. The van der Waals surface area contributed by atoms with Crippen LogP contribution >= 0.6 is 46.7 Å².